The predicted octanol–water partition coefficient (Wildman–Crippen LogP) is 3.80. The summed E-state index contributed by atoms with van der Waals surface area (Å²) in [5, 5.41) is 16.8. The van der Waals surface area contributed by atoms with Crippen molar-refractivity contribution in [3.63, 3.8) is 0 Å². The van der Waals surface area contributed by atoms with Gasteiger partial charge in [0.2, 0.25) is 0 Å². The summed E-state index contributed by atoms with van der Waals surface area (Å²) in [6.45, 7) is 3.73. The Bertz CT molecular complexity index is 714. The maximum atomic E-state index is 9.67. The number of aliphatic hydroxyl groups excluding tert-OH is 1. The molecule has 0 radical (unpaired) electrons. The Morgan fingerprint density at radius 3 is 2.56 bits per heavy atom. The third kappa shape index (κ3) is 7.56. The van der Waals surface area contributed by atoms with Crippen molar-refractivity contribution in [3.8, 4) is 5.75 Å². The summed E-state index contributed by atoms with van der Waals surface area (Å²) in [6.07, 6.45) is 0. The van der Waals surface area contributed by atoms with E-state index >= 15 is 0 Å². The van der Waals surface area contributed by atoms with Crippen LogP contribution in [0.5, 0.6) is 5.75 Å². The predicted molar refractivity (Wildman–Crippen MR) is 123 cm³/mol. The first kappa shape index (κ1) is 23.5. The number of hydrogen-bond acceptors (Lipinski definition) is 3. The molecule has 0 aromatic heterocycles. The topological polar surface area (TPSA) is 65.9 Å². The summed E-state index contributed by atoms with van der Waals surface area (Å²) in [7, 11) is 1.72. The zero-order chi connectivity index (χ0) is 18.8. The van der Waals surface area contributed by atoms with Gasteiger partial charge in [0, 0.05) is 36.6 Å². The average Bonchev–Trinajstić information content (AvgIpc) is 2.67. The fraction of sp³-hybridized carbons (Fsp3) is 0.350. The lowest BCUT2D eigenvalue weighted by molar-refractivity contribution is 0.265. The molecule has 7 heteroatoms. The van der Waals surface area contributed by atoms with Gasteiger partial charge in [-0.1, -0.05) is 48.0 Å². The molecular formula is C20H27ClIN3O2. The first-order valence-corrected chi connectivity index (χ1v) is 9.07. The molecule has 0 aliphatic carbocycles. The van der Waals surface area contributed by atoms with E-state index in [4.69, 9.17) is 16.3 Å². The number of rotatable bonds is 8. The minimum atomic E-state index is 0. The second-order valence-corrected chi connectivity index (χ2v) is 6.22. The normalized spacial score (nSPS) is 12.1. The standard InChI is InChI=1S/C20H26ClN3O2.HI/c1-3-26-19-11-18(21)10-9-16(19)12-23-20(22-2)24-13-17(14-25)15-7-5-4-6-8-15;/h4-11,17,25H,3,12-14H2,1-2H3,(H2,22,23,24);1H. The maximum absolute atomic E-state index is 9.67. The SMILES string of the molecule is CCOc1cc(Cl)ccc1CNC(=NC)NCC(CO)c1ccccc1.I. The van der Waals surface area contributed by atoms with E-state index in [1.54, 1.807) is 7.05 Å². The molecule has 2 aromatic rings. The lowest BCUT2D eigenvalue weighted by Crippen LogP contribution is -2.39. The number of nitrogens with zero attached hydrogens (tertiary/aromatic N) is 1. The quantitative estimate of drug-likeness (QED) is 0.291. The number of aliphatic hydroxyl groups is 1. The maximum Gasteiger partial charge on any atom is 0.191 e. The largest absolute Gasteiger partial charge is 0.493 e. The molecule has 0 aliphatic rings. The van der Waals surface area contributed by atoms with Crippen molar-refractivity contribution in [1.82, 2.24) is 10.6 Å². The third-order valence-corrected chi connectivity index (χ3v) is 4.24. The van der Waals surface area contributed by atoms with Crippen molar-refractivity contribution in [1.29, 1.82) is 0 Å². The van der Waals surface area contributed by atoms with E-state index in [1.165, 1.54) is 0 Å². The fourth-order valence-corrected chi connectivity index (χ4v) is 2.76. The molecule has 0 saturated carbocycles. The van der Waals surface area contributed by atoms with E-state index in [1.807, 2.05) is 55.5 Å². The minimum absolute atomic E-state index is 0. The van der Waals surface area contributed by atoms with Crippen LogP contribution in [0.15, 0.2) is 53.5 Å². The molecule has 2 aromatic carbocycles. The van der Waals surface area contributed by atoms with Gasteiger partial charge in [0.1, 0.15) is 5.75 Å². The monoisotopic (exact) mass is 503 g/mol. The molecule has 1 atom stereocenters. The Kier molecular flexibility index (Phi) is 11.2. The Hall–Kier alpha value is -1.51. The highest BCUT2D eigenvalue weighted by Gasteiger charge is 2.11. The van der Waals surface area contributed by atoms with Crippen LogP contribution in [0.2, 0.25) is 5.02 Å². The summed E-state index contributed by atoms with van der Waals surface area (Å²) >= 11 is 6.04. The Balaban J connectivity index is 0.00000364. The van der Waals surface area contributed by atoms with Crippen LogP contribution in [-0.2, 0) is 6.54 Å². The van der Waals surface area contributed by atoms with Crippen molar-refractivity contribution in [3.05, 3.63) is 64.7 Å². The summed E-state index contributed by atoms with van der Waals surface area (Å²) < 4.78 is 5.64. The molecule has 0 spiro atoms. The van der Waals surface area contributed by atoms with Crippen molar-refractivity contribution in [2.45, 2.75) is 19.4 Å². The van der Waals surface area contributed by atoms with E-state index in [9.17, 15) is 5.11 Å². The van der Waals surface area contributed by atoms with Gasteiger partial charge < -0.3 is 20.5 Å². The number of ether oxygens (including phenoxy) is 1. The summed E-state index contributed by atoms with van der Waals surface area (Å²) in [5.74, 6) is 1.43. The number of hydrogen-bond donors (Lipinski definition) is 3. The molecule has 0 aliphatic heterocycles. The molecule has 5 nitrogen and oxygen atoms in total. The lowest BCUT2D eigenvalue weighted by atomic mass is 10.0. The van der Waals surface area contributed by atoms with Gasteiger partial charge >= 0.3 is 0 Å². The van der Waals surface area contributed by atoms with Crippen LogP contribution in [0.1, 0.15) is 24.0 Å². The third-order valence-electron chi connectivity index (χ3n) is 4.01. The van der Waals surface area contributed by atoms with Crippen molar-refractivity contribution in [2.75, 3.05) is 26.8 Å². The van der Waals surface area contributed by atoms with Crippen molar-refractivity contribution >= 4 is 41.5 Å². The van der Waals surface area contributed by atoms with Crippen LogP contribution >= 0.6 is 35.6 Å². The summed E-state index contributed by atoms with van der Waals surface area (Å²) in [4.78, 5) is 4.24. The van der Waals surface area contributed by atoms with Crippen LogP contribution in [0.3, 0.4) is 0 Å². The highest BCUT2D eigenvalue weighted by molar-refractivity contribution is 14.0. The van der Waals surface area contributed by atoms with Crippen molar-refractivity contribution < 1.29 is 9.84 Å². The molecule has 148 valence electrons. The zero-order valence-electron chi connectivity index (χ0n) is 15.6. The van der Waals surface area contributed by atoms with Gasteiger partial charge in [-0.05, 0) is 24.6 Å². The molecule has 0 saturated heterocycles. The minimum Gasteiger partial charge on any atom is -0.493 e. The van der Waals surface area contributed by atoms with Gasteiger partial charge in [-0.25, -0.2) is 0 Å². The first-order valence-electron chi connectivity index (χ1n) is 8.69. The van der Waals surface area contributed by atoms with Crippen LogP contribution in [0.4, 0.5) is 0 Å². The second-order valence-electron chi connectivity index (χ2n) is 5.78. The number of halogens is 2. The van der Waals surface area contributed by atoms with Crippen LogP contribution in [-0.4, -0.2) is 37.9 Å². The van der Waals surface area contributed by atoms with E-state index in [-0.39, 0.29) is 36.5 Å². The first-order chi connectivity index (χ1) is 12.7. The number of guanidine groups is 1. The fourth-order valence-electron chi connectivity index (χ4n) is 2.60. The molecule has 1 unspecified atom stereocenters. The highest BCUT2D eigenvalue weighted by atomic mass is 127. The van der Waals surface area contributed by atoms with Gasteiger partial charge in [0.05, 0.1) is 13.2 Å². The average molecular weight is 504 g/mol. The smallest absolute Gasteiger partial charge is 0.191 e. The number of nitrogens with one attached hydrogen (secondary N) is 2. The molecule has 3 N–H and O–H groups in total. The van der Waals surface area contributed by atoms with Crippen LogP contribution < -0.4 is 15.4 Å². The van der Waals surface area contributed by atoms with E-state index < -0.39 is 0 Å². The van der Waals surface area contributed by atoms with Crippen LogP contribution in [0, 0.1) is 0 Å². The molecule has 27 heavy (non-hydrogen) atoms. The Morgan fingerprint density at radius 2 is 1.93 bits per heavy atom. The van der Waals surface area contributed by atoms with Crippen LogP contribution in [0.25, 0.3) is 0 Å². The van der Waals surface area contributed by atoms with E-state index in [2.05, 4.69) is 15.6 Å². The van der Waals surface area contributed by atoms with Gasteiger partial charge in [0.15, 0.2) is 5.96 Å². The summed E-state index contributed by atoms with van der Waals surface area (Å²) in [5.41, 5.74) is 2.09. The van der Waals surface area contributed by atoms with Gasteiger partial charge in [-0.3, -0.25) is 4.99 Å². The number of benzene rings is 2. The molecular weight excluding hydrogens is 477 g/mol. The molecule has 0 amide bonds. The van der Waals surface area contributed by atoms with E-state index in [0.717, 1.165) is 16.9 Å². The number of aliphatic imine (C=N–C) groups is 1. The second kappa shape index (κ2) is 12.8. The zero-order valence-corrected chi connectivity index (χ0v) is 18.7. The van der Waals surface area contributed by atoms with Crippen molar-refractivity contribution in [2.24, 2.45) is 4.99 Å². The van der Waals surface area contributed by atoms with Gasteiger partial charge in [-0.15, -0.1) is 24.0 Å². The van der Waals surface area contributed by atoms with Gasteiger partial charge in [0.25, 0.3) is 0 Å². The molecule has 2 rings (SSSR count). The Morgan fingerprint density at radius 1 is 1.19 bits per heavy atom. The molecule has 0 bridgehead atoms. The van der Waals surface area contributed by atoms with E-state index in [0.29, 0.717) is 30.7 Å². The van der Waals surface area contributed by atoms with Gasteiger partial charge in [-0.2, -0.15) is 0 Å². The summed E-state index contributed by atoms with van der Waals surface area (Å²) in [6, 6.07) is 15.5. The molecule has 0 heterocycles. The molecule has 0 fully saturated rings. The highest BCUT2D eigenvalue weighted by Crippen LogP contribution is 2.23. The lowest BCUT2D eigenvalue weighted by Gasteiger charge is -2.18. The Labute approximate surface area is 183 Å².